The summed E-state index contributed by atoms with van der Waals surface area (Å²) in [5, 5.41) is 0. The van der Waals surface area contributed by atoms with Crippen LogP contribution in [0.1, 0.15) is 18.4 Å². The van der Waals surface area contributed by atoms with Crippen LogP contribution in [-0.4, -0.2) is 61.1 Å². The summed E-state index contributed by atoms with van der Waals surface area (Å²) in [5.74, 6) is -0.512. The highest BCUT2D eigenvalue weighted by molar-refractivity contribution is 6.30. The number of urea groups is 1. The first-order chi connectivity index (χ1) is 12.0. The van der Waals surface area contributed by atoms with Crippen molar-refractivity contribution in [3.63, 3.8) is 0 Å². The number of rotatable bonds is 4. The lowest BCUT2D eigenvalue weighted by Gasteiger charge is -2.28. The molecule has 0 bridgehead atoms. The molecule has 1 aromatic carbocycles. The smallest absolute Gasteiger partial charge is 0.333 e. The van der Waals surface area contributed by atoms with Gasteiger partial charge in [-0.1, -0.05) is 12.1 Å². The molecule has 2 aliphatic rings. The van der Waals surface area contributed by atoms with Crippen molar-refractivity contribution in [2.75, 3.05) is 27.3 Å². The molecular formula is C18H20N2O5. The van der Waals surface area contributed by atoms with E-state index in [4.69, 9.17) is 9.47 Å². The second-order valence-corrected chi connectivity index (χ2v) is 6.08. The maximum atomic E-state index is 12.2. The molecular weight excluding hydrogens is 324 g/mol. The summed E-state index contributed by atoms with van der Waals surface area (Å²) in [4.78, 5) is 37.9. The Kier molecular flexibility index (Phi) is 4.85. The van der Waals surface area contributed by atoms with Gasteiger partial charge in [-0.05, 0) is 36.6 Å². The molecule has 2 heterocycles. The third-order valence-corrected chi connectivity index (χ3v) is 4.29. The molecule has 3 rings (SSSR count). The predicted molar refractivity (Wildman–Crippen MR) is 89.8 cm³/mol. The van der Waals surface area contributed by atoms with Crippen LogP contribution in [0.5, 0.6) is 5.75 Å². The SMILES string of the molecule is CN1C(=O)C(=Cc2ccc(OCC3CCCO3)cc2)C(=O)N(C)C1=O. The first kappa shape index (κ1) is 17.2. The molecule has 2 fully saturated rings. The topological polar surface area (TPSA) is 76.2 Å². The number of amides is 4. The zero-order valence-corrected chi connectivity index (χ0v) is 14.2. The van der Waals surface area contributed by atoms with E-state index < -0.39 is 17.8 Å². The van der Waals surface area contributed by atoms with Crippen molar-refractivity contribution in [2.45, 2.75) is 18.9 Å². The molecule has 2 saturated heterocycles. The van der Waals surface area contributed by atoms with Gasteiger partial charge >= 0.3 is 6.03 Å². The van der Waals surface area contributed by atoms with Gasteiger partial charge in [-0.25, -0.2) is 4.79 Å². The highest BCUT2D eigenvalue weighted by Gasteiger charge is 2.37. The van der Waals surface area contributed by atoms with Crippen molar-refractivity contribution in [3.8, 4) is 5.75 Å². The zero-order valence-electron chi connectivity index (χ0n) is 14.2. The van der Waals surface area contributed by atoms with Gasteiger partial charge < -0.3 is 9.47 Å². The fourth-order valence-electron chi connectivity index (χ4n) is 2.77. The van der Waals surface area contributed by atoms with E-state index in [0.717, 1.165) is 29.2 Å². The van der Waals surface area contributed by atoms with Gasteiger partial charge in [0.2, 0.25) is 0 Å². The average molecular weight is 344 g/mol. The summed E-state index contributed by atoms with van der Waals surface area (Å²) in [6, 6.07) is 6.43. The molecule has 0 saturated carbocycles. The lowest BCUT2D eigenvalue weighted by molar-refractivity contribution is -0.134. The number of nitrogens with zero attached hydrogens (tertiary/aromatic N) is 2. The molecule has 1 aromatic rings. The normalized spacial score (nSPS) is 21.1. The third-order valence-electron chi connectivity index (χ3n) is 4.29. The number of carbonyl (C=O) groups excluding carboxylic acids is 3. The van der Waals surface area contributed by atoms with Crippen LogP contribution in [0.25, 0.3) is 6.08 Å². The number of carbonyl (C=O) groups is 3. The van der Waals surface area contributed by atoms with Crippen LogP contribution >= 0.6 is 0 Å². The molecule has 7 heteroatoms. The number of benzene rings is 1. The third kappa shape index (κ3) is 3.56. The van der Waals surface area contributed by atoms with E-state index in [1.807, 2.05) is 0 Å². The molecule has 0 radical (unpaired) electrons. The quantitative estimate of drug-likeness (QED) is 0.613. The fraction of sp³-hybridized carbons (Fsp3) is 0.389. The van der Waals surface area contributed by atoms with Crippen molar-refractivity contribution < 1.29 is 23.9 Å². The summed E-state index contributed by atoms with van der Waals surface area (Å²) in [7, 11) is 2.70. The van der Waals surface area contributed by atoms with Gasteiger partial charge in [-0.2, -0.15) is 0 Å². The molecule has 25 heavy (non-hydrogen) atoms. The Labute approximate surface area is 145 Å². The number of likely N-dealkylation sites (N-methyl/N-ethyl adjacent to an activating group) is 2. The minimum Gasteiger partial charge on any atom is -0.491 e. The Morgan fingerprint density at radius 1 is 1.12 bits per heavy atom. The van der Waals surface area contributed by atoms with Crippen LogP contribution in [0.3, 0.4) is 0 Å². The van der Waals surface area contributed by atoms with E-state index in [0.29, 0.717) is 17.9 Å². The first-order valence-corrected chi connectivity index (χ1v) is 8.13. The van der Waals surface area contributed by atoms with Crippen LogP contribution in [-0.2, 0) is 14.3 Å². The lowest BCUT2D eigenvalue weighted by Crippen LogP contribution is -2.52. The standard InChI is InChI=1S/C18H20N2O5/c1-19-16(21)15(17(22)20(2)18(19)23)10-12-5-7-13(8-6-12)25-11-14-4-3-9-24-14/h5-8,10,14H,3-4,9,11H2,1-2H3. The van der Waals surface area contributed by atoms with Crippen molar-refractivity contribution in [2.24, 2.45) is 0 Å². The van der Waals surface area contributed by atoms with Crippen molar-refractivity contribution in [1.82, 2.24) is 9.80 Å². The van der Waals surface area contributed by atoms with E-state index in [1.165, 1.54) is 20.2 Å². The summed E-state index contributed by atoms with van der Waals surface area (Å²) in [5.41, 5.74) is 0.634. The molecule has 0 aromatic heterocycles. The highest BCUT2D eigenvalue weighted by Crippen LogP contribution is 2.20. The molecule has 7 nitrogen and oxygen atoms in total. The minimum atomic E-state index is -0.634. The molecule has 0 N–H and O–H groups in total. The number of hydrogen-bond donors (Lipinski definition) is 0. The Morgan fingerprint density at radius 3 is 2.32 bits per heavy atom. The average Bonchev–Trinajstić information content (AvgIpc) is 3.15. The Morgan fingerprint density at radius 2 is 1.76 bits per heavy atom. The summed E-state index contributed by atoms with van der Waals surface area (Å²) in [6.07, 6.45) is 3.69. The van der Waals surface area contributed by atoms with Crippen LogP contribution < -0.4 is 4.74 Å². The summed E-state index contributed by atoms with van der Waals surface area (Å²) < 4.78 is 11.2. The van der Waals surface area contributed by atoms with Crippen molar-refractivity contribution >= 4 is 23.9 Å². The van der Waals surface area contributed by atoms with E-state index in [9.17, 15) is 14.4 Å². The summed E-state index contributed by atoms with van der Waals surface area (Å²) in [6.45, 7) is 1.29. The van der Waals surface area contributed by atoms with Gasteiger partial charge in [0, 0.05) is 20.7 Å². The Hall–Kier alpha value is -2.67. The van der Waals surface area contributed by atoms with Gasteiger partial charge in [0.05, 0.1) is 6.10 Å². The Bertz CT molecular complexity index is 693. The summed E-state index contributed by atoms with van der Waals surface area (Å²) >= 11 is 0. The van der Waals surface area contributed by atoms with Gasteiger partial charge in [0.15, 0.2) is 0 Å². The molecule has 132 valence electrons. The van der Waals surface area contributed by atoms with Crippen LogP contribution in [0.15, 0.2) is 29.8 Å². The number of hydrogen-bond acceptors (Lipinski definition) is 5. The Balaban J connectivity index is 1.71. The van der Waals surface area contributed by atoms with Gasteiger partial charge in [-0.3, -0.25) is 19.4 Å². The van der Waals surface area contributed by atoms with Gasteiger partial charge in [0.1, 0.15) is 17.9 Å². The van der Waals surface area contributed by atoms with Gasteiger partial charge in [0.25, 0.3) is 11.8 Å². The first-order valence-electron chi connectivity index (χ1n) is 8.13. The van der Waals surface area contributed by atoms with E-state index in [2.05, 4.69) is 0 Å². The molecule has 2 aliphatic heterocycles. The van der Waals surface area contributed by atoms with Crippen LogP contribution in [0.4, 0.5) is 4.79 Å². The van der Waals surface area contributed by atoms with E-state index in [1.54, 1.807) is 24.3 Å². The monoisotopic (exact) mass is 344 g/mol. The van der Waals surface area contributed by atoms with E-state index in [-0.39, 0.29) is 11.7 Å². The molecule has 1 atom stereocenters. The largest absolute Gasteiger partial charge is 0.491 e. The lowest BCUT2D eigenvalue weighted by atomic mass is 10.1. The second-order valence-electron chi connectivity index (χ2n) is 6.08. The maximum Gasteiger partial charge on any atom is 0.333 e. The predicted octanol–water partition coefficient (Wildman–Crippen LogP) is 1.68. The zero-order chi connectivity index (χ0) is 18.0. The number of imide groups is 2. The number of ether oxygens (including phenoxy) is 2. The van der Waals surface area contributed by atoms with Crippen molar-refractivity contribution in [3.05, 3.63) is 35.4 Å². The van der Waals surface area contributed by atoms with Crippen molar-refractivity contribution in [1.29, 1.82) is 0 Å². The molecule has 4 amide bonds. The fourth-order valence-corrected chi connectivity index (χ4v) is 2.77. The van der Waals surface area contributed by atoms with Gasteiger partial charge in [-0.15, -0.1) is 0 Å². The van der Waals surface area contributed by atoms with Crippen LogP contribution in [0, 0.1) is 0 Å². The van der Waals surface area contributed by atoms with Crippen LogP contribution in [0.2, 0.25) is 0 Å². The molecule has 0 spiro atoms. The second kappa shape index (κ2) is 7.06. The molecule has 0 aliphatic carbocycles. The highest BCUT2D eigenvalue weighted by atomic mass is 16.5. The van der Waals surface area contributed by atoms with E-state index >= 15 is 0 Å². The number of barbiturate groups is 1. The minimum absolute atomic E-state index is 0.0439. The molecule has 1 unspecified atom stereocenters. The maximum absolute atomic E-state index is 12.2.